The topological polar surface area (TPSA) is 36.1 Å². The molecule has 2 aromatic rings. The number of H-pyrrole nitrogens is 1. The number of hydrogen-bond donors (Lipinski definition) is 1. The first-order valence-corrected chi connectivity index (χ1v) is 6.94. The lowest BCUT2D eigenvalue weighted by Gasteiger charge is -2.24. The fourth-order valence-corrected chi connectivity index (χ4v) is 2.42. The summed E-state index contributed by atoms with van der Waals surface area (Å²) >= 11 is 0. The number of fused-ring (bicyclic) bond motifs is 1. The first kappa shape index (κ1) is 13.7. The maximum absolute atomic E-state index is 12.3. The maximum Gasteiger partial charge on any atom is 0.227 e. The van der Waals surface area contributed by atoms with E-state index in [2.05, 4.69) is 24.9 Å². The minimum absolute atomic E-state index is 0.186. The van der Waals surface area contributed by atoms with Gasteiger partial charge in [-0.05, 0) is 25.0 Å². The Hall–Kier alpha value is -1.77. The van der Waals surface area contributed by atoms with Gasteiger partial charge in [0, 0.05) is 30.2 Å². The van der Waals surface area contributed by atoms with Gasteiger partial charge >= 0.3 is 0 Å². The zero-order valence-electron chi connectivity index (χ0n) is 11.9. The minimum atomic E-state index is 0.186. The van der Waals surface area contributed by atoms with Gasteiger partial charge in [0.25, 0.3) is 0 Å². The number of carbonyl (C=O) groups excluding carboxylic acids is 1. The van der Waals surface area contributed by atoms with Gasteiger partial charge in [0.15, 0.2) is 0 Å². The predicted octanol–water partition coefficient (Wildman–Crippen LogP) is 3.36. The van der Waals surface area contributed by atoms with Crippen molar-refractivity contribution in [2.24, 2.45) is 0 Å². The summed E-state index contributed by atoms with van der Waals surface area (Å²) in [7, 11) is 1.90. The summed E-state index contributed by atoms with van der Waals surface area (Å²) in [5, 5.41) is 1.15. The van der Waals surface area contributed by atoms with E-state index in [-0.39, 0.29) is 5.91 Å². The molecule has 0 aliphatic rings. The highest BCUT2D eigenvalue weighted by Crippen LogP contribution is 2.19. The van der Waals surface area contributed by atoms with Crippen LogP contribution in [0.25, 0.3) is 10.9 Å². The number of para-hydroxylation sites is 1. The summed E-state index contributed by atoms with van der Waals surface area (Å²) in [4.78, 5) is 17.4. The third-order valence-electron chi connectivity index (χ3n) is 3.78. The molecular formula is C16H22N2O. The van der Waals surface area contributed by atoms with Crippen LogP contribution in [0.15, 0.2) is 30.5 Å². The lowest BCUT2D eigenvalue weighted by molar-refractivity contribution is -0.131. The highest BCUT2D eigenvalue weighted by atomic mass is 16.2. The summed E-state index contributed by atoms with van der Waals surface area (Å²) in [6.45, 7) is 4.26. The van der Waals surface area contributed by atoms with Crippen LogP contribution in [0.4, 0.5) is 0 Å². The predicted molar refractivity (Wildman–Crippen MR) is 79.1 cm³/mol. The Kier molecular flexibility index (Phi) is 4.25. The second-order valence-electron chi connectivity index (χ2n) is 5.18. The quantitative estimate of drug-likeness (QED) is 0.877. The van der Waals surface area contributed by atoms with Gasteiger partial charge in [0.2, 0.25) is 5.91 Å². The molecule has 102 valence electrons. The van der Waals surface area contributed by atoms with E-state index in [1.54, 1.807) is 0 Å². The summed E-state index contributed by atoms with van der Waals surface area (Å²) in [6, 6.07) is 8.41. The van der Waals surface area contributed by atoms with Crippen molar-refractivity contribution >= 4 is 16.8 Å². The molecule has 1 amide bonds. The Morgan fingerprint density at radius 1 is 1.37 bits per heavy atom. The van der Waals surface area contributed by atoms with Crippen molar-refractivity contribution < 1.29 is 4.79 Å². The van der Waals surface area contributed by atoms with Crippen molar-refractivity contribution in [2.45, 2.75) is 39.2 Å². The number of nitrogens with zero attached hydrogens (tertiary/aromatic N) is 1. The van der Waals surface area contributed by atoms with E-state index in [0.717, 1.165) is 29.3 Å². The van der Waals surface area contributed by atoms with Crippen LogP contribution < -0.4 is 0 Å². The molecule has 1 heterocycles. The molecule has 0 aliphatic heterocycles. The highest BCUT2D eigenvalue weighted by Gasteiger charge is 2.16. The summed E-state index contributed by atoms with van der Waals surface area (Å²) in [6.07, 6.45) is 4.57. The molecule has 1 N–H and O–H groups in total. The van der Waals surface area contributed by atoms with Gasteiger partial charge in [-0.3, -0.25) is 4.79 Å². The van der Waals surface area contributed by atoms with Crippen LogP contribution in [0.1, 0.15) is 32.3 Å². The minimum Gasteiger partial charge on any atom is -0.361 e. The maximum atomic E-state index is 12.3. The number of hydrogen-bond acceptors (Lipinski definition) is 1. The van der Waals surface area contributed by atoms with Gasteiger partial charge in [0.05, 0.1) is 6.42 Å². The fraction of sp³-hybridized carbons (Fsp3) is 0.438. The van der Waals surface area contributed by atoms with Crippen LogP contribution in [0, 0.1) is 0 Å². The van der Waals surface area contributed by atoms with E-state index >= 15 is 0 Å². The standard InChI is InChI=1S/C16H22N2O/c1-4-7-12(2)18(3)16(19)10-13-11-17-15-9-6-5-8-14(13)15/h5-6,8-9,11-12,17H,4,7,10H2,1-3H3. The van der Waals surface area contributed by atoms with E-state index in [9.17, 15) is 4.79 Å². The lowest BCUT2D eigenvalue weighted by atomic mass is 10.1. The first-order chi connectivity index (χ1) is 9.13. The van der Waals surface area contributed by atoms with Gasteiger partial charge in [0.1, 0.15) is 0 Å². The molecule has 0 radical (unpaired) electrons. The zero-order valence-corrected chi connectivity index (χ0v) is 11.9. The van der Waals surface area contributed by atoms with Crippen LogP contribution in [0.2, 0.25) is 0 Å². The van der Waals surface area contributed by atoms with Crippen LogP contribution in [0.3, 0.4) is 0 Å². The van der Waals surface area contributed by atoms with Gasteiger partial charge in [-0.2, -0.15) is 0 Å². The van der Waals surface area contributed by atoms with E-state index in [1.165, 1.54) is 0 Å². The average molecular weight is 258 g/mol. The van der Waals surface area contributed by atoms with E-state index < -0.39 is 0 Å². The summed E-state index contributed by atoms with van der Waals surface area (Å²) < 4.78 is 0. The van der Waals surface area contributed by atoms with Crippen LogP contribution in [-0.2, 0) is 11.2 Å². The average Bonchev–Trinajstić information content (AvgIpc) is 2.81. The third kappa shape index (κ3) is 2.98. The second-order valence-corrected chi connectivity index (χ2v) is 5.18. The Morgan fingerprint density at radius 3 is 2.84 bits per heavy atom. The second kappa shape index (κ2) is 5.91. The molecule has 0 aliphatic carbocycles. The van der Waals surface area contributed by atoms with Crippen molar-refractivity contribution in [3.63, 3.8) is 0 Å². The monoisotopic (exact) mass is 258 g/mol. The normalized spacial score (nSPS) is 12.6. The van der Waals surface area contributed by atoms with Crippen LogP contribution >= 0.6 is 0 Å². The van der Waals surface area contributed by atoms with E-state index in [1.807, 2.05) is 36.3 Å². The smallest absolute Gasteiger partial charge is 0.227 e. The SMILES string of the molecule is CCCC(C)N(C)C(=O)Cc1c[nH]c2ccccc12. The number of amides is 1. The van der Waals surface area contributed by atoms with Crippen molar-refractivity contribution in [2.75, 3.05) is 7.05 Å². The molecule has 2 rings (SSSR count). The third-order valence-corrected chi connectivity index (χ3v) is 3.78. The van der Waals surface area contributed by atoms with Crippen LogP contribution in [-0.4, -0.2) is 28.9 Å². The number of benzene rings is 1. The highest BCUT2D eigenvalue weighted by molar-refractivity contribution is 5.88. The number of nitrogens with one attached hydrogen (secondary N) is 1. The molecule has 1 aromatic heterocycles. The Morgan fingerprint density at radius 2 is 2.11 bits per heavy atom. The number of aromatic amines is 1. The Bertz CT molecular complexity index is 559. The first-order valence-electron chi connectivity index (χ1n) is 6.94. The zero-order chi connectivity index (χ0) is 13.8. The van der Waals surface area contributed by atoms with Gasteiger partial charge < -0.3 is 9.88 Å². The van der Waals surface area contributed by atoms with Crippen molar-refractivity contribution in [3.8, 4) is 0 Å². The molecule has 3 heteroatoms. The molecule has 0 saturated carbocycles. The number of aromatic nitrogens is 1. The molecule has 0 bridgehead atoms. The fourth-order valence-electron chi connectivity index (χ4n) is 2.42. The van der Waals surface area contributed by atoms with Gasteiger partial charge in [-0.1, -0.05) is 31.5 Å². The molecule has 1 atom stereocenters. The van der Waals surface area contributed by atoms with Crippen molar-refractivity contribution in [1.29, 1.82) is 0 Å². The number of likely N-dealkylation sites (N-methyl/N-ethyl adjacent to an activating group) is 1. The van der Waals surface area contributed by atoms with Gasteiger partial charge in [-0.25, -0.2) is 0 Å². The van der Waals surface area contributed by atoms with E-state index in [4.69, 9.17) is 0 Å². The molecule has 3 nitrogen and oxygen atoms in total. The van der Waals surface area contributed by atoms with Gasteiger partial charge in [-0.15, -0.1) is 0 Å². The Labute approximate surface area is 114 Å². The molecule has 1 aromatic carbocycles. The molecule has 0 spiro atoms. The summed E-state index contributed by atoms with van der Waals surface area (Å²) in [5.41, 5.74) is 2.17. The van der Waals surface area contributed by atoms with Crippen molar-refractivity contribution in [1.82, 2.24) is 9.88 Å². The van der Waals surface area contributed by atoms with Crippen molar-refractivity contribution in [3.05, 3.63) is 36.0 Å². The molecule has 0 fully saturated rings. The van der Waals surface area contributed by atoms with E-state index in [0.29, 0.717) is 12.5 Å². The molecule has 1 unspecified atom stereocenters. The number of rotatable bonds is 5. The molecule has 19 heavy (non-hydrogen) atoms. The Balaban J connectivity index is 2.10. The molecule has 0 saturated heterocycles. The lowest BCUT2D eigenvalue weighted by Crippen LogP contribution is -2.35. The summed E-state index contributed by atoms with van der Waals surface area (Å²) in [5.74, 6) is 0.186. The number of carbonyl (C=O) groups is 1. The largest absolute Gasteiger partial charge is 0.361 e. The molecular weight excluding hydrogens is 236 g/mol. The van der Waals surface area contributed by atoms with Crippen LogP contribution in [0.5, 0.6) is 0 Å².